The molecule has 0 saturated heterocycles. The van der Waals surface area contributed by atoms with Gasteiger partial charge < -0.3 is 5.32 Å². The van der Waals surface area contributed by atoms with Crippen molar-refractivity contribution >= 4 is 11.8 Å². The second kappa shape index (κ2) is 15.4. The zero-order valence-corrected chi connectivity index (χ0v) is 13.8. The van der Waals surface area contributed by atoms with E-state index in [2.05, 4.69) is 25.5 Å². The summed E-state index contributed by atoms with van der Waals surface area (Å²) in [6.45, 7) is 2.29. The summed E-state index contributed by atoms with van der Waals surface area (Å²) >= 11 is 1.95. The van der Waals surface area contributed by atoms with E-state index in [1.165, 1.54) is 76.4 Å². The van der Waals surface area contributed by atoms with Crippen LogP contribution in [0.5, 0.6) is 0 Å². The van der Waals surface area contributed by atoms with E-state index >= 15 is 0 Å². The van der Waals surface area contributed by atoms with Crippen molar-refractivity contribution in [1.29, 1.82) is 0 Å². The summed E-state index contributed by atoms with van der Waals surface area (Å²) in [5, 5.41) is 3.41. The number of unbranched alkanes of at least 4 members (excludes halogenated alkanes) is 9. The van der Waals surface area contributed by atoms with Gasteiger partial charge in [-0.3, -0.25) is 0 Å². The molecule has 110 valence electrons. The molecule has 0 aromatic heterocycles. The first-order valence-electron chi connectivity index (χ1n) is 8.01. The molecule has 0 amide bonds. The highest BCUT2D eigenvalue weighted by molar-refractivity contribution is 7.98. The van der Waals surface area contributed by atoms with Crippen molar-refractivity contribution in [3.8, 4) is 0 Å². The lowest BCUT2D eigenvalue weighted by molar-refractivity contribution is 0.506. The molecule has 0 aromatic rings. The van der Waals surface area contributed by atoms with Gasteiger partial charge in [0.1, 0.15) is 0 Å². The van der Waals surface area contributed by atoms with Crippen molar-refractivity contribution in [2.75, 3.05) is 19.1 Å². The first-order valence-corrected chi connectivity index (χ1v) is 9.40. The van der Waals surface area contributed by atoms with Gasteiger partial charge in [0.25, 0.3) is 0 Å². The molecule has 1 nitrogen and oxygen atoms in total. The van der Waals surface area contributed by atoms with E-state index < -0.39 is 0 Å². The Kier molecular flexibility index (Phi) is 15.6. The normalized spacial score (nSPS) is 12.8. The van der Waals surface area contributed by atoms with Crippen LogP contribution in [0, 0.1) is 0 Å². The molecule has 2 heteroatoms. The molecule has 0 radical (unpaired) electrons. The maximum atomic E-state index is 3.41. The monoisotopic (exact) mass is 273 g/mol. The fourth-order valence-electron chi connectivity index (χ4n) is 2.39. The van der Waals surface area contributed by atoms with Gasteiger partial charge in [0, 0.05) is 11.8 Å². The molecule has 0 aliphatic heterocycles. The Morgan fingerprint density at radius 3 is 1.78 bits per heavy atom. The third kappa shape index (κ3) is 12.8. The fraction of sp³-hybridized carbons (Fsp3) is 1.00. The van der Waals surface area contributed by atoms with Crippen molar-refractivity contribution in [2.24, 2.45) is 0 Å². The van der Waals surface area contributed by atoms with Crippen LogP contribution in [0.15, 0.2) is 0 Å². The quantitative estimate of drug-likeness (QED) is 0.434. The van der Waals surface area contributed by atoms with Crippen LogP contribution in [0.4, 0.5) is 0 Å². The molecule has 0 aliphatic rings. The molecule has 0 rings (SSSR count). The average molecular weight is 274 g/mol. The number of rotatable bonds is 14. The van der Waals surface area contributed by atoms with E-state index in [1.54, 1.807) is 0 Å². The minimum absolute atomic E-state index is 0.731. The molecule has 0 aromatic carbocycles. The van der Waals surface area contributed by atoms with E-state index in [4.69, 9.17) is 0 Å². The first kappa shape index (κ1) is 18.3. The van der Waals surface area contributed by atoms with E-state index in [-0.39, 0.29) is 0 Å². The maximum Gasteiger partial charge on any atom is 0.0155 e. The Morgan fingerprint density at radius 1 is 0.833 bits per heavy atom. The number of thioether (sulfide) groups is 1. The van der Waals surface area contributed by atoms with Crippen molar-refractivity contribution in [3.05, 3.63) is 0 Å². The van der Waals surface area contributed by atoms with Crippen molar-refractivity contribution in [1.82, 2.24) is 5.32 Å². The fourth-order valence-corrected chi connectivity index (χ4v) is 3.13. The van der Waals surface area contributed by atoms with Gasteiger partial charge in [-0.2, -0.15) is 11.8 Å². The predicted molar refractivity (Wildman–Crippen MR) is 87.7 cm³/mol. The first-order chi connectivity index (χ1) is 8.85. The van der Waals surface area contributed by atoms with Crippen LogP contribution in [0.1, 0.15) is 77.6 Å². The number of hydrogen-bond donors (Lipinski definition) is 1. The third-order valence-corrected chi connectivity index (χ3v) is 4.42. The van der Waals surface area contributed by atoms with Gasteiger partial charge in [-0.05, 0) is 19.7 Å². The topological polar surface area (TPSA) is 12.0 Å². The lowest BCUT2D eigenvalue weighted by Gasteiger charge is -2.14. The zero-order chi connectivity index (χ0) is 13.5. The van der Waals surface area contributed by atoms with Crippen LogP contribution in [-0.2, 0) is 0 Å². The van der Waals surface area contributed by atoms with Gasteiger partial charge in [-0.1, -0.05) is 71.1 Å². The summed E-state index contributed by atoms with van der Waals surface area (Å²) in [7, 11) is 2.09. The van der Waals surface area contributed by atoms with Gasteiger partial charge in [-0.15, -0.1) is 0 Å². The smallest absolute Gasteiger partial charge is 0.0155 e. The van der Waals surface area contributed by atoms with Crippen LogP contribution < -0.4 is 5.32 Å². The van der Waals surface area contributed by atoms with E-state index in [9.17, 15) is 0 Å². The number of hydrogen-bond acceptors (Lipinski definition) is 2. The molecule has 18 heavy (non-hydrogen) atoms. The molecular formula is C16H35NS. The van der Waals surface area contributed by atoms with Crippen LogP contribution >= 0.6 is 11.8 Å². The molecule has 0 heterocycles. The van der Waals surface area contributed by atoms with Crippen molar-refractivity contribution in [2.45, 2.75) is 83.6 Å². The summed E-state index contributed by atoms with van der Waals surface area (Å²) in [6.07, 6.45) is 17.9. The highest BCUT2D eigenvalue weighted by atomic mass is 32.2. The SMILES string of the molecule is CCCCCCCCCCCCC(CSC)NC. The third-order valence-electron chi connectivity index (χ3n) is 3.68. The Bertz CT molecular complexity index is 150. The summed E-state index contributed by atoms with van der Waals surface area (Å²) in [6, 6.07) is 0.731. The minimum Gasteiger partial charge on any atom is -0.316 e. The van der Waals surface area contributed by atoms with Gasteiger partial charge in [0.05, 0.1) is 0 Å². The molecule has 1 N–H and O–H groups in total. The van der Waals surface area contributed by atoms with E-state index in [0.717, 1.165) is 6.04 Å². The molecule has 0 spiro atoms. The molecule has 1 unspecified atom stereocenters. The van der Waals surface area contributed by atoms with Gasteiger partial charge >= 0.3 is 0 Å². The van der Waals surface area contributed by atoms with E-state index in [0.29, 0.717) is 0 Å². The summed E-state index contributed by atoms with van der Waals surface area (Å²) in [5.74, 6) is 1.26. The highest BCUT2D eigenvalue weighted by Crippen LogP contribution is 2.12. The van der Waals surface area contributed by atoms with Crippen molar-refractivity contribution in [3.63, 3.8) is 0 Å². The molecule has 1 atom stereocenters. The second-order valence-corrected chi connectivity index (χ2v) is 6.32. The largest absolute Gasteiger partial charge is 0.316 e. The van der Waals surface area contributed by atoms with E-state index in [1.807, 2.05) is 11.8 Å². The predicted octanol–water partition coefficient (Wildman–Crippen LogP) is 5.25. The minimum atomic E-state index is 0.731. The molecule has 0 fully saturated rings. The Balaban J connectivity index is 3.10. The standard InChI is InChI=1S/C16H35NS/c1-4-5-6-7-8-9-10-11-12-13-14-16(17-2)15-18-3/h16-17H,4-15H2,1-3H3. The van der Waals surface area contributed by atoms with Crippen LogP contribution in [0.3, 0.4) is 0 Å². The molecular weight excluding hydrogens is 238 g/mol. The Hall–Kier alpha value is 0.310. The summed E-state index contributed by atoms with van der Waals surface area (Å²) in [5.41, 5.74) is 0. The van der Waals surface area contributed by atoms with Crippen molar-refractivity contribution < 1.29 is 0 Å². The number of nitrogens with one attached hydrogen (secondary N) is 1. The maximum absolute atomic E-state index is 3.41. The summed E-state index contributed by atoms with van der Waals surface area (Å²) < 4.78 is 0. The van der Waals surface area contributed by atoms with Crippen LogP contribution in [0.2, 0.25) is 0 Å². The average Bonchev–Trinajstić information content (AvgIpc) is 2.39. The molecule has 0 aliphatic carbocycles. The second-order valence-electron chi connectivity index (χ2n) is 5.41. The van der Waals surface area contributed by atoms with Gasteiger partial charge in [0.15, 0.2) is 0 Å². The lowest BCUT2D eigenvalue weighted by Crippen LogP contribution is -2.27. The Morgan fingerprint density at radius 2 is 1.33 bits per heavy atom. The zero-order valence-electron chi connectivity index (χ0n) is 13.0. The lowest BCUT2D eigenvalue weighted by atomic mass is 10.0. The summed E-state index contributed by atoms with van der Waals surface area (Å²) in [4.78, 5) is 0. The molecule has 0 bridgehead atoms. The Labute approximate surface area is 120 Å². The highest BCUT2D eigenvalue weighted by Gasteiger charge is 2.03. The van der Waals surface area contributed by atoms with Crippen LogP contribution in [0.25, 0.3) is 0 Å². The van der Waals surface area contributed by atoms with Gasteiger partial charge in [0.2, 0.25) is 0 Å². The van der Waals surface area contributed by atoms with Gasteiger partial charge in [-0.25, -0.2) is 0 Å². The van der Waals surface area contributed by atoms with Crippen LogP contribution in [-0.4, -0.2) is 25.1 Å². The molecule has 0 saturated carbocycles.